The number of hydrogen-bond donors (Lipinski definition) is 2. The van der Waals surface area contributed by atoms with Gasteiger partial charge < -0.3 is 15.5 Å². The molecule has 1 aromatic heterocycles. The van der Waals surface area contributed by atoms with Gasteiger partial charge in [0.25, 0.3) is 11.8 Å². The van der Waals surface area contributed by atoms with Crippen molar-refractivity contribution in [2.24, 2.45) is 0 Å². The number of pyridine rings is 1. The lowest BCUT2D eigenvalue weighted by Crippen LogP contribution is -2.40. The maximum Gasteiger partial charge on any atom is 0.259 e. The van der Waals surface area contributed by atoms with Crippen molar-refractivity contribution >= 4 is 27.5 Å². The number of piperidine rings is 1. The Hall–Kier alpha value is -2.82. The second-order valence-electron chi connectivity index (χ2n) is 10.0. The lowest BCUT2D eigenvalue weighted by Gasteiger charge is -2.27. The van der Waals surface area contributed by atoms with Gasteiger partial charge in [0.15, 0.2) is 0 Å². The van der Waals surface area contributed by atoms with Gasteiger partial charge in [-0.3, -0.25) is 14.6 Å². The van der Waals surface area contributed by atoms with E-state index in [1.807, 2.05) is 12.1 Å². The van der Waals surface area contributed by atoms with Crippen LogP contribution < -0.4 is 15.5 Å². The van der Waals surface area contributed by atoms with Gasteiger partial charge >= 0.3 is 0 Å². The fourth-order valence-corrected chi connectivity index (χ4v) is 6.48. The highest BCUT2D eigenvalue weighted by Gasteiger charge is 2.24. The minimum absolute atomic E-state index is 0.0542. The Labute approximate surface area is 226 Å². The standard InChI is InChI=1S/C28H39N5O4S/c34-27(31-15-19-38(36,37)32-16-6-4-7-17-32)23-11-12-26-25(20-23)22-29-13-5-2-1-3-8-18-33(26)28(35)24-10-9-14-30-21-24/h9-12,14,20-21,29H,1-8,13,15-19,22H2,(H,31,34). The summed E-state index contributed by atoms with van der Waals surface area (Å²) in [5, 5.41) is 6.23. The smallest absolute Gasteiger partial charge is 0.259 e. The van der Waals surface area contributed by atoms with Crippen molar-refractivity contribution in [1.82, 2.24) is 19.9 Å². The first-order chi connectivity index (χ1) is 18.5. The Morgan fingerprint density at radius 3 is 2.45 bits per heavy atom. The van der Waals surface area contributed by atoms with E-state index in [1.165, 1.54) is 4.31 Å². The minimum Gasteiger partial charge on any atom is -0.351 e. The highest BCUT2D eigenvalue weighted by Crippen LogP contribution is 2.26. The fraction of sp³-hybridized carbons (Fsp3) is 0.536. The van der Waals surface area contributed by atoms with E-state index in [2.05, 4.69) is 15.6 Å². The minimum atomic E-state index is -3.38. The molecule has 2 amide bonds. The van der Waals surface area contributed by atoms with Crippen molar-refractivity contribution in [3.05, 3.63) is 59.4 Å². The third-order valence-electron chi connectivity index (χ3n) is 7.19. The number of nitrogens with zero attached hydrogens (tertiary/aromatic N) is 3. The maximum atomic E-state index is 13.5. The fourth-order valence-electron chi connectivity index (χ4n) is 5.05. The Morgan fingerprint density at radius 1 is 0.921 bits per heavy atom. The van der Waals surface area contributed by atoms with Gasteiger partial charge in [0.1, 0.15) is 0 Å². The number of nitrogens with one attached hydrogen (secondary N) is 2. The van der Waals surface area contributed by atoms with Crippen LogP contribution in [0.2, 0.25) is 0 Å². The zero-order chi connectivity index (χ0) is 26.8. The number of amides is 2. The van der Waals surface area contributed by atoms with Crippen LogP contribution in [-0.4, -0.2) is 68.0 Å². The summed E-state index contributed by atoms with van der Waals surface area (Å²) in [6.45, 7) is 3.14. The van der Waals surface area contributed by atoms with Crippen LogP contribution in [-0.2, 0) is 16.6 Å². The predicted molar refractivity (Wildman–Crippen MR) is 149 cm³/mol. The molecule has 0 radical (unpaired) electrons. The third kappa shape index (κ3) is 7.61. The first-order valence-electron chi connectivity index (χ1n) is 13.8. The Kier molecular flexibility index (Phi) is 10.3. The highest BCUT2D eigenvalue weighted by molar-refractivity contribution is 7.89. The molecule has 3 heterocycles. The van der Waals surface area contributed by atoms with E-state index in [0.29, 0.717) is 37.3 Å². The zero-order valence-corrected chi connectivity index (χ0v) is 22.8. The predicted octanol–water partition coefficient (Wildman–Crippen LogP) is 3.33. The molecule has 4 rings (SSSR count). The molecule has 1 saturated heterocycles. The van der Waals surface area contributed by atoms with Gasteiger partial charge in [-0.05, 0) is 68.1 Å². The molecule has 0 unspecified atom stereocenters. The number of benzene rings is 1. The van der Waals surface area contributed by atoms with Crippen molar-refractivity contribution in [2.75, 3.05) is 43.4 Å². The van der Waals surface area contributed by atoms with Gasteiger partial charge in [-0.2, -0.15) is 0 Å². The molecule has 2 N–H and O–H groups in total. The molecule has 0 aliphatic carbocycles. The van der Waals surface area contributed by atoms with Gasteiger partial charge in [0, 0.05) is 56.4 Å². The summed E-state index contributed by atoms with van der Waals surface area (Å²) < 4.78 is 26.8. The summed E-state index contributed by atoms with van der Waals surface area (Å²) in [5.41, 5.74) is 2.60. The van der Waals surface area contributed by atoms with E-state index >= 15 is 0 Å². The van der Waals surface area contributed by atoms with Crippen LogP contribution in [0.15, 0.2) is 42.7 Å². The van der Waals surface area contributed by atoms with E-state index in [1.54, 1.807) is 35.5 Å². The SMILES string of the molecule is O=C(NCCS(=O)(=O)N1CCCCC1)c1ccc2c(c1)CNCCCCCCCN2C(=O)c1cccnc1. The van der Waals surface area contributed by atoms with E-state index in [4.69, 9.17) is 0 Å². The van der Waals surface area contributed by atoms with Crippen LogP contribution in [0.5, 0.6) is 0 Å². The third-order valence-corrected chi connectivity index (χ3v) is 9.06. The first-order valence-corrected chi connectivity index (χ1v) is 15.4. The molecule has 9 nitrogen and oxygen atoms in total. The number of carbonyl (C=O) groups is 2. The summed E-state index contributed by atoms with van der Waals surface area (Å²) in [4.78, 5) is 32.4. The Bertz CT molecular complexity index is 1180. The molecule has 10 heteroatoms. The molecule has 2 aliphatic heterocycles. The van der Waals surface area contributed by atoms with Crippen molar-refractivity contribution in [1.29, 1.82) is 0 Å². The number of hydrogen-bond acceptors (Lipinski definition) is 6. The second-order valence-corrected chi connectivity index (χ2v) is 12.1. The quantitative estimate of drug-likeness (QED) is 0.580. The lowest BCUT2D eigenvalue weighted by atomic mass is 10.0. The molecule has 0 bridgehead atoms. The van der Waals surface area contributed by atoms with Gasteiger partial charge in [-0.25, -0.2) is 12.7 Å². The molecule has 206 valence electrons. The molecule has 1 aromatic carbocycles. The van der Waals surface area contributed by atoms with Crippen LogP contribution in [0.25, 0.3) is 0 Å². The summed E-state index contributed by atoms with van der Waals surface area (Å²) in [5.74, 6) is -0.548. The normalized spacial score (nSPS) is 18.1. The molecule has 38 heavy (non-hydrogen) atoms. The molecule has 2 aliphatic rings. The van der Waals surface area contributed by atoms with Crippen molar-refractivity contribution in [2.45, 2.75) is 57.9 Å². The summed E-state index contributed by atoms with van der Waals surface area (Å²) in [6.07, 6.45) is 11.4. The molecule has 0 atom stereocenters. The number of anilines is 1. The average Bonchev–Trinajstić information content (AvgIpc) is 2.94. The molecular weight excluding hydrogens is 502 g/mol. The Balaban J connectivity index is 1.50. The topological polar surface area (TPSA) is 112 Å². The number of fused-ring (bicyclic) bond motifs is 1. The molecule has 0 saturated carbocycles. The van der Waals surface area contributed by atoms with Crippen molar-refractivity contribution in [3.8, 4) is 0 Å². The number of carbonyl (C=O) groups excluding carboxylic acids is 2. The maximum absolute atomic E-state index is 13.5. The molecule has 0 spiro atoms. The van der Waals surface area contributed by atoms with Crippen molar-refractivity contribution in [3.63, 3.8) is 0 Å². The number of rotatable bonds is 6. The number of aromatic nitrogens is 1. The summed E-state index contributed by atoms with van der Waals surface area (Å²) in [7, 11) is -3.38. The van der Waals surface area contributed by atoms with Gasteiger partial charge in [0.2, 0.25) is 10.0 Å². The second kappa shape index (κ2) is 13.8. The van der Waals surface area contributed by atoms with Gasteiger partial charge in [-0.1, -0.05) is 25.7 Å². The monoisotopic (exact) mass is 541 g/mol. The zero-order valence-electron chi connectivity index (χ0n) is 22.0. The van der Waals surface area contributed by atoms with E-state index in [-0.39, 0.29) is 24.1 Å². The van der Waals surface area contributed by atoms with Crippen LogP contribution >= 0.6 is 0 Å². The summed E-state index contributed by atoms with van der Waals surface area (Å²) in [6, 6.07) is 8.87. The average molecular weight is 542 g/mol. The Morgan fingerprint density at radius 2 is 1.66 bits per heavy atom. The van der Waals surface area contributed by atoms with Gasteiger partial charge in [-0.15, -0.1) is 0 Å². The first kappa shape index (κ1) is 28.2. The van der Waals surface area contributed by atoms with Crippen LogP contribution in [0.4, 0.5) is 5.69 Å². The molecule has 1 fully saturated rings. The van der Waals surface area contributed by atoms with Gasteiger partial charge in [0.05, 0.1) is 11.3 Å². The van der Waals surface area contributed by atoms with Crippen LogP contribution in [0.3, 0.4) is 0 Å². The van der Waals surface area contributed by atoms with E-state index in [0.717, 1.165) is 69.2 Å². The van der Waals surface area contributed by atoms with E-state index < -0.39 is 10.0 Å². The van der Waals surface area contributed by atoms with E-state index in [9.17, 15) is 18.0 Å². The lowest BCUT2D eigenvalue weighted by molar-refractivity contribution is 0.0954. The highest BCUT2D eigenvalue weighted by atomic mass is 32.2. The largest absolute Gasteiger partial charge is 0.351 e. The van der Waals surface area contributed by atoms with Crippen LogP contribution in [0, 0.1) is 0 Å². The molecule has 2 aromatic rings. The number of sulfonamides is 1. The summed E-state index contributed by atoms with van der Waals surface area (Å²) >= 11 is 0. The molecular formula is C28H39N5O4S. The van der Waals surface area contributed by atoms with Crippen LogP contribution in [0.1, 0.15) is 77.6 Å². The van der Waals surface area contributed by atoms with Crippen molar-refractivity contribution < 1.29 is 18.0 Å².